The van der Waals surface area contributed by atoms with E-state index in [9.17, 15) is 4.79 Å². The summed E-state index contributed by atoms with van der Waals surface area (Å²) in [6.07, 6.45) is 1.14. The average molecular weight is 379 g/mol. The van der Waals surface area contributed by atoms with Gasteiger partial charge in [0.15, 0.2) is 0 Å². The van der Waals surface area contributed by atoms with Crippen LogP contribution in [0, 0.1) is 5.92 Å². The molecule has 2 aliphatic rings. The summed E-state index contributed by atoms with van der Waals surface area (Å²) in [5, 5.41) is 3.17. The Morgan fingerprint density at radius 1 is 0.821 bits per heavy atom. The molecule has 2 aromatic rings. The minimum absolute atomic E-state index is 0.159. The Labute approximate surface area is 167 Å². The molecule has 2 heterocycles. The number of hydrogen-bond acceptors (Lipinski definition) is 4. The zero-order chi connectivity index (χ0) is 19.2. The average Bonchev–Trinajstić information content (AvgIpc) is 3.23. The molecule has 2 saturated heterocycles. The molecule has 148 valence electrons. The monoisotopic (exact) mass is 378 g/mol. The van der Waals surface area contributed by atoms with Gasteiger partial charge in [-0.25, -0.2) is 0 Å². The maximum atomic E-state index is 12.4. The number of amides is 1. The van der Waals surface area contributed by atoms with Crippen molar-refractivity contribution in [1.29, 1.82) is 0 Å². The summed E-state index contributed by atoms with van der Waals surface area (Å²) in [5.74, 6) is 0.699. The Morgan fingerprint density at radius 2 is 1.43 bits per heavy atom. The second kappa shape index (κ2) is 9.11. The van der Waals surface area contributed by atoms with E-state index in [1.807, 2.05) is 6.07 Å². The van der Waals surface area contributed by atoms with Crippen LogP contribution < -0.4 is 15.1 Å². The van der Waals surface area contributed by atoms with Gasteiger partial charge in [0.25, 0.3) is 0 Å². The molecule has 0 spiro atoms. The molecule has 0 aromatic heterocycles. The van der Waals surface area contributed by atoms with Crippen LogP contribution in [0.5, 0.6) is 0 Å². The number of carbonyl (C=O) groups excluding carboxylic acids is 1. The van der Waals surface area contributed by atoms with Gasteiger partial charge in [-0.1, -0.05) is 36.4 Å². The third kappa shape index (κ3) is 4.84. The van der Waals surface area contributed by atoms with Gasteiger partial charge >= 0.3 is 0 Å². The maximum Gasteiger partial charge on any atom is 0.234 e. The summed E-state index contributed by atoms with van der Waals surface area (Å²) < 4.78 is 0. The van der Waals surface area contributed by atoms with E-state index in [1.54, 1.807) is 0 Å². The Hall–Kier alpha value is -2.53. The number of nitrogens with one attached hydrogen (secondary N) is 1. The van der Waals surface area contributed by atoms with Crippen molar-refractivity contribution < 1.29 is 4.79 Å². The molecule has 28 heavy (non-hydrogen) atoms. The van der Waals surface area contributed by atoms with E-state index in [-0.39, 0.29) is 5.91 Å². The molecule has 1 atom stereocenters. The summed E-state index contributed by atoms with van der Waals surface area (Å²) in [4.78, 5) is 19.5. The van der Waals surface area contributed by atoms with E-state index in [0.717, 1.165) is 52.2 Å². The molecule has 5 nitrogen and oxygen atoms in total. The van der Waals surface area contributed by atoms with Crippen LogP contribution in [0.1, 0.15) is 6.42 Å². The lowest BCUT2D eigenvalue weighted by Gasteiger charge is -2.35. The maximum absolute atomic E-state index is 12.4. The molecule has 1 N–H and O–H groups in total. The van der Waals surface area contributed by atoms with Crippen LogP contribution in [0.25, 0.3) is 0 Å². The number of hydrogen-bond donors (Lipinski definition) is 1. The van der Waals surface area contributed by atoms with Crippen molar-refractivity contribution in [2.45, 2.75) is 6.42 Å². The van der Waals surface area contributed by atoms with Gasteiger partial charge in [-0.2, -0.15) is 0 Å². The van der Waals surface area contributed by atoms with E-state index in [1.165, 1.54) is 11.4 Å². The standard InChI is InChI=1S/C23H30N4O/c28-23(19-25-13-15-26(16-14-25)21-7-3-1-4-8-21)24-17-20-11-12-27(18-20)22-9-5-2-6-10-22/h1-10,20H,11-19H2,(H,24,28). The molecule has 1 unspecified atom stereocenters. The van der Waals surface area contributed by atoms with Gasteiger partial charge < -0.3 is 15.1 Å². The van der Waals surface area contributed by atoms with Crippen molar-refractivity contribution in [3.05, 3.63) is 60.7 Å². The van der Waals surface area contributed by atoms with E-state index >= 15 is 0 Å². The van der Waals surface area contributed by atoms with Gasteiger partial charge in [0, 0.05) is 57.2 Å². The molecule has 2 aromatic carbocycles. The number of para-hydroxylation sites is 2. The van der Waals surface area contributed by atoms with Crippen LogP contribution in [0.15, 0.2) is 60.7 Å². The highest BCUT2D eigenvalue weighted by Gasteiger charge is 2.24. The van der Waals surface area contributed by atoms with Crippen molar-refractivity contribution >= 4 is 17.3 Å². The highest BCUT2D eigenvalue weighted by atomic mass is 16.2. The zero-order valence-electron chi connectivity index (χ0n) is 16.5. The number of benzene rings is 2. The Balaban J connectivity index is 1.16. The second-order valence-corrected chi connectivity index (χ2v) is 7.84. The summed E-state index contributed by atoms with van der Waals surface area (Å²) in [7, 11) is 0. The fourth-order valence-electron chi connectivity index (χ4n) is 4.19. The summed E-state index contributed by atoms with van der Waals surface area (Å²) in [6, 6.07) is 21.1. The Bertz CT molecular complexity index is 744. The van der Waals surface area contributed by atoms with E-state index < -0.39 is 0 Å². The lowest BCUT2D eigenvalue weighted by atomic mass is 10.1. The quantitative estimate of drug-likeness (QED) is 0.838. The molecule has 5 heteroatoms. The van der Waals surface area contributed by atoms with Crippen LogP contribution in [-0.2, 0) is 4.79 Å². The van der Waals surface area contributed by atoms with E-state index in [0.29, 0.717) is 12.5 Å². The third-order valence-electron chi connectivity index (χ3n) is 5.86. The summed E-state index contributed by atoms with van der Waals surface area (Å²) in [5.41, 5.74) is 2.56. The summed E-state index contributed by atoms with van der Waals surface area (Å²) >= 11 is 0. The lowest BCUT2D eigenvalue weighted by molar-refractivity contribution is -0.122. The van der Waals surface area contributed by atoms with Crippen molar-refractivity contribution in [1.82, 2.24) is 10.2 Å². The second-order valence-electron chi connectivity index (χ2n) is 7.84. The topological polar surface area (TPSA) is 38.8 Å². The van der Waals surface area contributed by atoms with Crippen LogP contribution in [-0.4, -0.2) is 63.2 Å². The van der Waals surface area contributed by atoms with Crippen molar-refractivity contribution in [2.24, 2.45) is 5.92 Å². The highest BCUT2D eigenvalue weighted by molar-refractivity contribution is 5.78. The van der Waals surface area contributed by atoms with Crippen LogP contribution >= 0.6 is 0 Å². The van der Waals surface area contributed by atoms with Gasteiger partial charge in [0.2, 0.25) is 5.91 Å². The first-order chi connectivity index (χ1) is 13.8. The van der Waals surface area contributed by atoms with Gasteiger partial charge in [-0.3, -0.25) is 9.69 Å². The minimum atomic E-state index is 0.159. The van der Waals surface area contributed by atoms with Crippen molar-refractivity contribution in [3.63, 3.8) is 0 Å². The molecule has 1 amide bonds. The van der Waals surface area contributed by atoms with Gasteiger partial charge in [-0.15, -0.1) is 0 Å². The first-order valence-corrected chi connectivity index (χ1v) is 10.4. The molecule has 0 radical (unpaired) electrons. The predicted molar refractivity (Wildman–Crippen MR) is 115 cm³/mol. The van der Waals surface area contributed by atoms with E-state index in [2.05, 4.69) is 74.6 Å². The third-order valence-corrected chi connectivity index (χ3v) is 5.86. The molecule has 0 aliphatic carbocycles. The zero-order valence-corrected chi connectivity index (χ0v) is 16.5. The summed E-state index contributed by atoms with van der Waals surface area (Å²) in [6.45, 7) is 7.23. The van der Waals surface area contributed by atoms with Gasteiger partial charge in [0.05, 0.1) is 6.54 Å². The van der Waals surface area contributed by atoms with E-state index in [4.69, 9.17) is 0 Å². The number of rotatable bonds is 6. The number of carbonyl (C=O) groups is 1. The lowest BCUT2D eigenvalue weighted by Crippen LogP contribution is -2.49. The first-order valence-electron chi connectivity index (χ1n) is 10.4. The molecule has 0 saturated carbocycles. The molecule has 4 rings (SSSR count). The molecule has 0 bridgehead atoms. The molecule has 2 aliphatic heterocycles. The molecule has 2 fully saturated rings. The van der Waals surface area contributed by atoms with Crippen LogP contribution in [0.4, 0.5) is 11.4 Å². The van der Waals surface area contributed by atoms with Gasteiger partial charge in [0.1, 0.15) is 0 Å². The fraction of sp³-hybridized carbons (Fsp3) is 0.435. The SMILES string of the molecule is O=C(CN1CCN(c2ccccc2)CC1)NCC1CCN(c2ccccc2)C1. The fourth-order valence-corrected chi connectivity index (χ4v) is 4.19. The van der Waals surface area contributed by atoms with Crippen molar-refractivity contribution in [3.8, 4) is 0 Å². The van der Waals surface area contributed by atoms with Crippen LogP contribution in [0.3, 0.4) is 0 Å². The van der Waals surface area contributed by atoms with Crippen LogP contribution in [0.2, 0.25) is 0 Å². The predicted octanol–water partition coefficient (Wildman–Crippen LogP) is 2.45. The first kappa shape index (κ1) is 18.8. The highest BCUT2D eigenvalue weighted by Crippen LogP contribution is 2.23. The number of anilines is 2. The van der Waals surface area contributed by atoms with Gasteiger partial charge in [-0.05, 0) is 36.6 Å². The molecular formula is C23H30N4O. The Morgan fingerprint density at radius 3 is 2.07 bits per heavy atom. The number of nitrogens with zero attached hydrogens (tertiary/aromatic N) is 3. The minimum Gasteiger partial charge on any atom is -0.371 e. The Kier molecular flexibility index (Phi) is 6.12. The smallest absolute Gasteiger partial charge is 0.234 e. The largest absolute Gasteiger partial charge is 0.371 e. The normalized spacial score (nSPS) is 20.4. The molecular weight excluding hydrogens is 348 g/mol. The van der Waals surface area contributed by atoms with Crippen molar-refractivity contribution in [2.75, 3.05) is 62.2 Å². The number of piperazine rings is 1.